The lowest BCUT2D eigenvalue weighted by molar-refractivity contribution is -0.207. The van der Waals surface area contributed by atoms with E-state index in [0.717, 1.165) is 28.8 Å². The number of hydrogen-bond donors (Lipinski definition) is 2. The molecule has 0 radical (unpaired) electrons. The maximum atomic E-state index is 13.5. The number of phenolic OH excluding ortho intramolecular Hbond substituents is 1. The van der Waals surface area contributed by atoms with Crippen molar-refractivity contribution in [3.63, 3.8) is 0 Å². The molecule has 7 heteroatoms. The molecule has 5 aliphatic rings. The number of nitrogens with zero attached hydrogens (tertiary/aromatic N) is 3. The van der Waals surface area contributed by atoms with Crippen LogP contribution in [0.25, 0.3) is 6.08 Å². The summed E-state index contributed by atoms with van der Waals surface area (Å²) >= 11 is 0. The molecule has 2 aromatic carbocycles. The van der Waals surface area contributed by atoms with Crippen LogP contribution in [0.4, 0.5) is 0 Å². The van der Waals surface area contributed by atoms with Crippen LogP contribution in [0.3, 0.4) is 0 Å². The zero-order valence-electron chi connectivity index (χ0n) is 22.5. The molecule has 3 fully saturated rings. The quantitative estimate of drug-likeness (QED) is 0.578. The molecule has 2 heterocycles. The molecular formula is C32H35N3O4. The fourth-order valence-corrected chi connectivity index (χ4v) is 8.23. The van der Waals surface area contributed by atoms with E-state index in [4.69, 9.17) is 4.74 Å². The van der Waals surface area contributed by atoms with Crippen LogP contribution in [0.15, 0.2) is 42.5 Å². The van der Waals surface area contributed by atoms with E-state index in [1.807, 2.05) is 43.3 Å². The van der Waals surface area contributed by atoms with Gasteiger partial charge in [0.25, 0.3) is 0 Å². The molecule has 2 N–H and O–H groups in total. The van der Waals surface area contributed by atoms with Gasteiger partial charge in [0, 0.05) is 31.3 Å². The van der Waals surface area contributed by atoms with Crippen LogP contribution in [0.1, 0.15) is 54.4 Å². The van der Waals surface area contributed by atoms with Gasteiger partial charge in [0.15, 0.2) is 11.5 Å². The maximum absolute atomic E-state index is 13.5. The second-order valence-electron chi connectivity index (χ2n) is 12.4. The number of amides is 1. The molecule has 2 saturated carbocycles. The number of benzene rings is 2. The van der Waals surface area contributed by atoms with E-state index in [-0.39, 0.29) is 29.8 Å². The zero-order valence-corrected chi connectivity index (χ0v) is 22.5. The Balaban J connectivity index is 1.29. The Morgan fingerprint density at radius 3 is 2.85 bits per heavy atom. The van der Waals surface area contributed by atoms with Gasteiger partial charge in [-0.05, 0) is 74.6 Å². The fraction of sp³-hybridized carbons (Fsp3) is 0.500. The minimum absolute atomic E-state index is 0.0549. The van der Waals surface area contributed by atoms with Crippen molar-refractivity contribution in [3.05, 3.63) is 64.7 Å². The number of carbonyl (C=O) groups excluding carboxylic acids is 1. The number of ether oxygens (including phenoxy) is 1. The number of carbonyl (C=O) groups is 1. The van der Waals surface area contributed by atoms with Crippen molar-refractivity contribution in [2.75, 3.05) is 13.6 Å². The third-order valence-corrected chi connectivity index (χ3v) is 10.2. The second kappa shape index (κ2) is 8.58. The molecule has 1 saturated heterocycles. The van der Waals surface area contributed by atoms with Crippen LogP contribution in [-0.4, -0.2) is 69.3 Å². The molecule has 3 unspecified atom stereocenters. The number of aryl methyl sites for hydroxylation is 1. The molecule has 39 heavy (non-hydrogen) atoms. The van der Waals surface area contributed by atoms with Crippen molar-refractivity contribution < 1.29 is 19.7 Å². The van der Waals surface area contributed by atoms with Crippen LogP contribution in [0, 0.1) is 24.2 Å². The lowest BCUT2D eigenvalue weighted by Crippen LogP contribution is -2.79. The molecule has 6 atom stereocenters. The third kappa shape index (κ3) is 3.44. The number of piperidine rings is 1. The van der Waals surface area contributed by atoms with Gasteiger partial charge in [0.1, 0.15) is 6.10 Å². The first-order valence-electron chi connectivity index (χ1n) is 14.2. The first kappa shape index (κ1) is 24.7. The topological polar surface area (TPSA) is 97.0 Å². The molecule has 0 aromatic heterocycles. The minimum atomic E-state index is -1.11. The van der Waals surface area contributed by atoms with Gasteiger partial charge in [-0.25, -0.2) is 0 Å². The van der Waals surface area contributed by atoms with Crippen molar-refractivity contribution in [1.82, 2.24) is 9.80 Å². The standard InChI is InChI=1S/C32H35N3O4/c1-19-4-3-5-20(14-19)8-11-27(37)34(2)24-12-13-32(38)26-15-22-9-10-25(36)29-28(22)31(32,30(24)39-29)16-23(17-33)35(26)18-21-6-7-21/h3-5,8-11,14,21,23-24,26,30,36,38H,6-7,12-13,15-16,18H2,1-2H3/b11-8+/t23?,24?,26-,30?,31+,32-/m1/s1. The zero-order chi connectivity index (χ0) is 27.1. The molecular weight excluding hydrogens is 490 g/mol. The van der Waals surface area contributed by atoms with Crippen molar-refractivity contribution in [1.29, 1.82) is 5.26 Å². The number of likely N-dealkylation sites (tertiary alicyclic amines) is 1. The first-order chi connectivity index (χ1) is 18.8. The number of aromatic hydroxyl groups is 1. The Hall–Kier alpha value is -3.34. The highest BCUT2D eigenvalue weighted by molar-refractivity contribution is 5.92. The Kier molecular flexibility index (Phi) is 5.43. The largest absolute Gasteiger partial charge is 0.504 e. The summed E-state index contributed by atoms with van der Waals surface area (Å²) in [5.74, 6) is 0.929. The summed E-state index contributed by atoms with van der Waals surface area (Å²) < 4.78 is 6.60. The Morgan fingerprint density at radius 2 is 2.10 bits per heavy atom. The minimum Gasteiger partial charge on any atom is -0.504 e. The third-order valence-electron chi connectivity index (χ3n) is 10.2. The number of hydrogen-bond acceptors (Lipinski definition) is 6. The molecule has 7 nitrogen and oxygen atoms in total. The number of rotatable bonds is 5. The van der Waals surface area contributed by atoms with Gasteiger partial charge in [-0.2, -0.15) is 5.26 Å². The van der Waals surface area contributed by atoms with Crippen molar-refractivity contribution in [2.45, 2.75) is 80.7 Å². The van der Waals surface area contributed by atoms with E-state index in [1.165, 1.54) is 12.8 Å². The summed E-state index contributed by atoms with van der Waals surface area (Å²) in [6.45, 7) is 2.85. The molecule has 1 amide bonds. The van der Waals surface area contributed by atoms with E-state index < -0.39 is 17.1 Å². The summed E-state index contributed by atoms with van der Waals surface area (Å²) in [5, 5.41) is 33.9. The predicted molar refractivity (Wildman–Crippen MR) is 146 cm³/mol. The Labute approximate surface area is 229 Å². The van der Waals surface area contributed by atoms with Gasteiger partial charge in [-0.15, -0.1) is 0 Å². The van der Waals surface area contributed by atoms with Crippen LogP contribution in [0.2, 0.25) is 0 Å². The summed E-state index contributed by atoms with van der Waals surface area (Å²) in [7, 11) is 1.80. The molecule has 2 bridgehead atoms. The van der Waals surface area contributed by atoms with E-state index in [2.05, 4.69) is 11.0 Å². The molecule has 3 aliphatic carbocycles. The van der Waals surface area contributed by atoms with Gasteiger partial charge in [0.05, 0.1) is 29.2 Å². The van der Waals surface area contributed by atoms with Gasteiger partial charge in [0.2, 0.25) is 5.91 Å². The van der Waals surface area contributed by atoms with Crippen molar-refractivity contribution in [3.8, 4) is 17.6 Å². The number of phenols is 1. The maximum Gasteiger partial charge on any atom is 0.246 e. The van der Waals surface area contributed by atoms with Crippen molar-refractivity contribution >= 4 is 12.0 Å². The van der Waals surface area contributed by atoms with E-state index >= 15 is 0 Å². The highest BCUT2D eigenvalue weighted by Gasteiger charge is 2.75. The summed E-state index contributed by atoms with van der Waals surface area (Å²) in [6, 6.07) is 13.3. The van der Waals surface area contributed by atoms with Gasteiger partial charge < -0.3 is 19.8 Å². The van der Waals surface area contributed by atoms with Crippen LogP contribution in [0.5, 0.6) is 11.5 Å². The highest BCUT2D eigenvalue weighted by Crippen LogP contribution is 2.66. The Bertz CT molecular complexity index is 1430. The lowest BCUT2D eigenvalue weighted by Gasteiger charge is -2.65. The molecule has 202 valence electrons. The van der Waals surface area contributed by atoms with Gasteiger partial charge in [-0.1, -0.05) is 35.9 Å². The van der Waals surface area contributed by atoms with Gasteiger partial charge >= 0.3 is 0 Å². The van der Waals surface area contributed by atoms with E-state index in [0.29, 0.717) is 37.4 Å². The van der Waals surface area contributed by atoms with Crippen molar-refractivity contribution in [2.24, 2.45) is 5.92 Å². The summed E-state index contributed by atoms with van der Waals surface area (Å²) in [6.07, 6.45) is 7.37. The predicted octanol–water partition coefficient (Wildman–Crippen LogP) is 3.70. The molecule has 2 aromatic rings. The number of aliphatic hydroxyl groups is 1. The smallest absolute Gasteiger partial charge is 0.246 e. The Morgan fingerprint density at radius 1 is 1.28 bits per heavy atom. The molecule has 1 spiro atoms. The van der Waals surface area contributed by atoms with Gasteiger partial charge in [-0.3, -0.25) is 9.69 Å². The average Bonchev–Trinajstić information content (AvgIpc) is 3.67. The summed E-state index contributed by atoms with van der Waals surface area (Å²) in [4.78, 5) is 17.5. The van der Waals surface area contributed by atoms with Crippen LogP contribution in [-0.2, 0) is 16.6 Å². The molecule has 2 aliphatic heterocycles. The first-order valence-corrected chi connectivity index (χ1v) is 14.2. The number of likely N-dealkylation sites (N-methyl/N-ethyl adjacent to an activating group) is 1. The van der Waals surface area contributed by atoms with Crippen LogP contribution < -0.4 is 4.74 Å². The normalized spacial score (nSPS) is 34.3. The SMILES string of the molecule is Cc1cccc(/C=C/C(=O)N(C)C2CC[C@@]3(O)[C@H]4Cc5ccc(O)c6c5[C@@]3(CC(C#N)N4CC3CC3)C2O6)c1. The van der Waals surface area contributed by atoms with Crippen LogP contribution >= 0.6 is 0 Å². The highest BCUT2D eigenvalue weighted by atomic mass is 16.5. The monoisotopic (exact) mass is 525 g/mol. The van der Waals surface area contributed by atoms with E-state index in [9.17, 15) is 20.3 Å². The second-order valence-corrected chi connectivity index (χ2v) is 12.4. The van der Waals surface area contributed by atoms with E-state index in [1.54, 1.807) is 24.1 Å². The average molecular weight is 526 g/mol. The molecule has 7 rings (SSSR count). The lowest BCUT2D eigenvalue weighted by atomic mass is 9.47. The fourth-order valence-electron chi connectivity index (χ4n) is 8.23. The number of nitriles is 1. The summed E-state index contributed by atoms with van der Waals surface area (Å²) in [5.41, 5.74) is 2.05.